The van der Waals surface area contributed by atoms with Gasteiger partial charge in [0.05, 0.1) is 30.4 Å². The van der Waals surface area contributed by atoms with Crippen molar-refractivity contribution in [1.29, 1.82) is 0 Å². The van der Waals surface area contributed by atoms with E-state index < -0.39 is 6.29 Å². The third-order valence-corrected chi connectivity index (χ3v) is 2.76. The number of rotatable bonds is 2. The normalized spacial score (nSPS) is 17.0. The summed E-state index contributed by atoms with van der Waals surface area (Å²) in [5.74, 6) is 0.195. The number of ether oxygens (including phenoxy) is 3. The molecule has 0 amide bonds. The molecular weight excluding hydrogens is 267 g/mol. The fourth-order valence-electron chi connectivity index (χ4n) is 1.44. The van der Waals surface area contributed by atoms with Crippen molar-refractivity contribution in [2.75, 3.05) is 20.3 Å². The zero-order valence-corrected chi connectivity index (χ0v) is 9.71. The lowest BCUT2D eigenvalue weighted by Crippen LogP contribution is -2.02. The van der Waals surface area contributed by atoms with E-state index in [2.05, 4.69) is 15.9 Å². The largest absolute Gasteiger partial charge is 0.496 e. The molecule has 0 bridgehead atoms. The summed E-state index contributed by atoms with van der Waals surface area (Å²) in [6.45, 7) is 1.04. The second-order valence-corrected chi connectivity index (χ2v) is 3.94. The van der Waals surface area contributed by atoms with Gasteiger partial charge in [-0.05, 0) is 28.1 Å². The lowest BCUT2D eigenvalue weighted by Gasteiger charge is -2.14. The van der Waals surface area contributed by atoms with E-state index in [9.17, 15) is 4.39 Å². The summed E-state index contributed by atoms with van der Waals surface area (Å²) in [6.07, 6.45) is -0.525. The van der Waals surface area contributed by atoms with Crippen molar-refractivity contribution >= 4 is 15.9 Å². The van der Waals surface area contributed by atoms with Gasteiger partial charge in [-0.1, -0.05) is 0 Å². The highest BCUT2D eigenvalue weighted by atomic mass is 79.9. The van der Waals surface area contributed by atoms with Gasteiger partial charge in [0.15, 0.2) is 6.29 Å². The standard InChI is InChI=1S/C10H10BrFO3/c1-13-9-5-7(11)8(12)4-6(9)10-14-2-3-15-10/h4-5,10H,2-3H2,1H3. The average molecular weight is 277 g/mol. The number of hydrogen-bond donors (Lipinski definition) is 0. The van der Waals surface area contributed by atoms with Crippen LogP contribution in [0.5, 0.6) is 5.75 Å². The van der Waals surface area contributed by atoms with Gasteiger partial charge in [0.25, 0.3) is 0 Å². The first-order valence-corrected chi connectivity index (χ1v) is 5.28. The van der Waals surface area contributed by atoms with Crippen molar-refractivity contribution < 1.29 is 18.6 Å². The Balaban J connectivity index is 2.39. The summed E-state index contributed by atoms with van der Waals surface area (Å²) in [5, 5.41) is 0. The van der Waals surface area contributed by atoms with Crippen LogP contribution in [0.25, 0.3) is 0 Å². The number of benzene rings is 1. The molecule has 1 aliphatic rings. The lowest BCUT2D eigenvalue weighted by molar-refractivity contribution is -0.0456. The van der Waals surface area contributed by atoms with Gasteiger partial charge in [-0.15, -0.1) is 0 Å². The summed E-state index contributed by atoms with van der Waals surface area (Å²) in [4.78, 5) is 0. The minimum absolute atomic E-state index is 0.357. The molecule has 1 aromatic rings. The Bertz CT molecular complexity index is 364. The molecule has 1 saturated heterocycles. The predicted molar refractivity (Wildman–Crippen MR) is 55.3 cm³/mol. The third kappa shape index (κ3) is 2.14. The maximum atomic E-state index is 13.3. The number of hydrogen-bond acceptors (Lipinski definition) is 3. The fraction of sp³-hybridized carbons (Fsp3) is 0.400. The number of halogens is 2. The van der Waals surface area contributed by atoms with Gasteiger partial charge in [0.2, 0.25) is 0 Å². The van der Waals surface area contributed by atoms with Crippen molar-refractivity contribution in [3.63, 3.8) is 0 Å². The SMILES string of the molecule is COc1cc(Br)c(F)cc1C1OCCO1. The molecule has 5 heteroatoms. The third-order valence-electron chi connectivity index (χ3n) is 2.15. The topological polar surface area (TPSA) is 27.7 Å². The van der Waals surface area contributed by atoms with E-state index in [-0.39, 0.29) is 5.82 Å². The predicted octanol–water partition coefficient (Wildman–Crippen LogP) is 2.64. The molecule has 1 fully saturated rings. The molecule has 2 rings (SSSR count). The van der Waals surface area contributed by atoms with E-state index in [1.165, 1.54) is 13.2 Å². The molecule has 1 aromatic carbocycles. The Morgan fingerprint density at radius 1 is 1.40 bits per heavy atom. The van der Waals surface area contributed by atoms with Gasteiger partial charge in [-0.3, -0.25) is 0 Å². The van der Waals surface area contributed by atoms with Crippen LogP contribution in [-0.4, -0.2) is 20.3 Å². The molecular formula is C10H10BrFO3. The van der Waals surface area contributed by atoms with Crippen LogP contribution in [0.1, 0.15) is 11.9 Å². The van der Waals surface area contributed by atoms with Gasteiger partial charge in [0, 0.05) is 0 Å². The highest BCUT2D eigenvalue weighted by Crippen LogP contribution is 2.34. The summed E-state index contributed by atoms with van der Waals surface area (Å²) in [5.41, 5.74) is 0.579. The monoisotopic (exact) mass is 276 g/mol. The Morgan fingerprint density at radius 2 is 2.07 bits per heavy atom. The first-order valence-electron chi connectivity index (χ1n) is 4.48. The molecule has 0 N–H and O–H groups in total. The van der Waals surface area contributed by atoms with Crippen molar-refractivity contribution in [2.24, 2.45) is 0 Å². The highest BCUT2D eigenvalue weighted by molar-refractivity contribution is 9.10. The summed E-state index contributed by atoms with van der Waals surface area (Å²) in [6, 6.07) is 2.93. The number of methoxy groups -OCH3 is 1. The second-order valence-electron chi connectivity index (χ2n) is 3.08. The maximum absolute atomic E-state index is 13.3. The van der Waals surface area contributed by atoms with E-state index >= 15 is 0 Å². The quantitative estimate of drug-likeness (QED) is 0.831. The zero-order chi connectivity index (χ0) is 10.8. The van der Waals surface area contributed by atoms with Crippen molar-refractivity contribution in [3.05, 3.63) is 28.0 Å². The molecule has 15 heavy (non-hydrogen) atoms. The smallest absolute Gasteiger partial charge is 0.187 e. The summed E-state index contributed by atoms with van der Waals surface area (Å²) >= 11 is 3.09. The lowest BCUT2D eigenvalue weighted by atomic mass is 10.2. The van der Waals surface area contributed by atoms with Crippen molar-refractivity contribution in [2.45, 2.75) is 6.29 Å². The van der Waals surface area contributed by atoms with E-state index in [0.717, 1.165) is 0 Å². The Labute approximate surface area is 95.3 Å². The first kappa shape index (κ1) is 10.9. The van der Waals surface area contributed by atoms with Crippen molar-refractivity contribution in [3.8, 4) is 5.75 Å². The molecule has 0 spiro atoms. The second kappa shape index (κ2) is 4.47. The molecule has 1 heterocycles. The van der Waals surface area contributed by atoms with Crippen LogP contribution < -0.4 is 4.74 Å². The average Bonchev–Trinajstić information content (AvgIpc) is 2.74. The van der Waals surface area contributed by atoms with Crippen LogP contribution in [-0.2, 0) is 9.47 Å². The van der Waals surface area contributed by atoms with Gasteiger partial charge < -0.3 is 14.2 Å². The van der Waals surface area contributed by atoms with Crippen LogP contribution in [0.2, 0.25) is 0 Å². The molecule has 0 aromatic heterocycles. The molecule has 3 nitrogen and oxygen atoms in total. The van der Waals surface area contributed by atoms with Crippen LogP contribution in [0.4, 0.5) is 4.39 Å². The van der Waals surface area contributed by atoms with Gasteiger partial charge >= 0.3 is 0 Å². The molecule has 0 saturated carbocycles. The van der Waals surface area contributed by atoms with Crippen LogP contribution in [0.15, 0.2) is 16.6 Å². The minimum atomic E-state index is -0.525. The van der Waals surface area contributed by atoms with Crippen LogP contribution in [0, 0.1) is 5.82 Å². The molecule has 0 aliphatic carbocycles. The summed E-state index contributed by atoms with van der Waals surface area (Å²) < 4.78 is 29.4. The Morgan fingerprint density at radius 3 is 2.67 bits per heavy atom. The van der Waals surface area contributed by atoms with E-state index in [4.69, 9.17) is 14.2 Å². The van der Waals surface area contributed by atoms with Crippen molar-refractivity contribution in [1.82, 2.24) is 0 Å². The van der Waals surface area contributed by atoms with Gasteiger partial charge in [-0.25, -0.2) is 4.39 Å². The minimum Gasteiger partial charge on any atom is -0.496 e. The molecule has 1 aliphatic heterocycles. The zero-order valence-electron chi connectivity index (χ0n) is 8.13. The summed E-state index contributed by atoms with van der Waals surface area (Å²) in [7, 11) is 1.53. The van der Waals surface area contributed by atoms with Gasteiger partial charge in [0.1, 0.15) is 11.6 Å². The highest BCUT2D eigenvalue weighted by Gasteiger charge is 2.23. The molecule has 0 radical (unpaired) electrons. The fourth-order valence-corrected chi connectivity index (χ4v) is 1.77. The van der Waals surface area contributed by atoms with E-state index in [0.29, 0.717) is 29.0 Å². The molecule has 82 valence electrons. The van der Waals surface area contributed by atoms with E-state index in [1.54, 1.807) is 6.07 Å². The first-order chi connectivity index (χ1) is 7.22. The van der Waals surface area contributed by atoms with Gasteiger partial charge in [-0.2, -0.15) is 0 Å². The maximum Gasteiger partial charge on any atom is 0.187 e. The molecule has 0 unspecified atom stereocenters. The van der Waals surface area contributed by atoms with Crippen LogP contribution in [0.3, 0.4) is 0 Å². The van der Waals surface area contributed by atoms with E-state index in [1.807, 2.05) is 0 Å². The Hall–Kier alpha value is -0.650. The van der Waals surface area contributed by atoms with Crippen LogP contribution >= 0.6 is 15.9 Å². The molecule has 0 atom stereocenters. The Kier molecular flexibility index (Phi) is 3.23.